The quantitative estimate of drug-likeness (QED) is 0.836. The van der Waals surface area contributed by atoms with Gasteiger partial charge in [-0.1, -0.05) is 30.9 Å². The van der Waals surface area contributed by atoms with Crippen molar-refractivity contribution < 1.29 is 9.47 Å². The van der Waals surface area contributed by atoms with E-state index in [1.54, 1.807) is 7.11 Å². The Morgan fingerprint density at radius 1 is 1.13 bits per heavy atom. The molecule has 0 spiro atoms. The molecule has 0 radical (unpaired) electrons. The number of halogens is 1. The van der Waals surface area contributed by atoms with Gasteiger partial charge in [-0.25, -0.2) is 0 Å². The van der Waals surface area contributed by atoms with Crippen molar-refractivity contribution in [3.8, 4) is 11.5 Å². The zero-order valence-corrected chi connectivity index (χ0v) is 14.8. The lowest BCUT2D eigenvalue weighted by atomic mass is 9.69. The van der Waals surface area contributed by atoms with Crippen molar-refractivity contribution >= 4 is 11.6 Å². The van der Waals surface area contributed by atoms with Gasteiger partial charge in [0.25, 0.3) is 0 Å². The maximum atomic E-state index is 6.58. The van der Waals surface area contributed by atoms with E-state index in [4.69, 9.17) is 26.8 Å². The lowest BCUT2D eigenvalue weighted by Crippen LogP contribution is -2.37. The van der Waals surface area contributed by atoms with Crippen molar-refractivity contribution in [3.63, 3.8) is 0 Å². The molecule has 2 saturated carbocycles. The van der Waals surface area contributed by atoms with E-state index in [1.165, 1.54) is 37.7 Å². The number of hydrogen-bond donors (Lipinski definition) is 1. The summed E-state index contributed by atoms with van der Waals surface area (Å²) in [6.45, 7) is 0.662. The number of hydrogen-bond acceptors (Lipinski definition) is 3. The molecule has 0 aromatic heterocycles. The summed E-state index contributed by atoms with van der Waals surface area (Å²) >= 11 is 6.58. The molecule has 0 aliphatic heterocycles. The molecule has 2 N–H and O–H groups in total. The van der Waals surface area contributed by atoms with E-state index in [9.17, 15) is 0 Å². The van der Waals surface area contributed by atoms with Gasteiger partial charge in [0.05, 0.1) is 18.2 Å². The van der Waals surface area contributed by atoms with E-state index in [0.717, 1.165) is 31.4 Å². The first-order valence-corrected chi connectivity index (χ1v) is 9.31. The van der Waals surface area contributed by atoms with Gasteiger partial charge in [0.1, 0.15) is 0 Å². The minimum absolute atomic E-state index is 0.0427. The van der Waals surface area contributed by atoms with Crippen LogP contribution in [0.3, 0.4) is 0 Å². The fraction of sp³-hybridized carbons (Fsp3) is 0.684. The molecule has 0 atom stereocenters. The normalized spacial score (nSPS) is 21.3. The summed E-state index contributed by atoms with van der Waals surface area (Å²) in [5.74, 6) is 1.45. The Bertz CT molecular complexity index is 534. The van der Waals surface area contributed by atoms with Gasteiger partial charge in [-0.05, 0) is 56.2 Å². The molecule has 2 fully saturated rings. The first-order chi connectivity index (χ1) is 11.2. The van der Waals surface area contributed by atoms with Crippen molar-refractivity contribution in [3.05, 3.63) is 22.7 Å². The van der Waals surface area contributed by atoms with Crippen LogP contribution in [0.4, 0.5) is 0 Å². The van der Waals surface area contributed by atoms with Crippen molar-refractivity contribution in [2.45, 2.75) is 69.3 Å². The van der Waals surface area contributed by atoms with E-state index >= 15 is 0 Å². The molecule has 1 aromatic rings. The lowest BCUT2D eigenvalue weighted by molar-refractivity contribution is 0.200. The molecule has 23 heavy (non-hydrogen) atoms. The lowest BCUT2D eigenvalue weighted by Gasteiger charge is -2.37. The number of methoxy groups -OCH3 is 1. The van der Waals surface area contributed by atoms with Crippen LogP contribution < -0.4 is 15.2 Å². The second kappa shape index (κ2) is 7.31. The summed E-state index contributed by atoms with van der Waals surface area (Å²) in [5, 5.41) is 0.657. The molecular weight excluding hydrogens is 310 g/mol. The third-order valence-electron chi connectivity index (χ3n) is 5.63. The van der Waals surface area contributed by atoms with E-state index in [0.29, 0.717) is 17.3 Å². The van der Waals surface area contributed by atoms with Crippen molar-refractivity contribution in [2.75, 3.05) is 13.7 Å². The molecule has 0 amide bonds. The van der Waals surface area contributed by atoms with Crippen molar-refractivity contribution in [2.24, 2.45) is 5.73 Å². The largest absolute Gasteiger partial charge is 0.493 e. The average Bonchev–Trinajstić information content (AvgIpc) is 3.10. The van der Waals surface area contributed by atoms with Gasteiger partial charge in [-0.2, -0.15) is 0 Å². The SMILES string of the molecule is COc1cc(C2(CN)CCCCC2)cc(Cl)c1OC1CCCC1. The molecule has 3 nitrogen and oxygen atoms in total. The first-order valence-electron chi connectivity index (χ1n) is 8.93. The second-order valence-electron chi connectivity index (χ2n) is 7.06. The summed E-state index contributed by atoms with van der Waals surface area (Å²) < 4.78 is 11.8. The predicted octanol–water partition coefficient (Wildman–Crippen LogP) is 4.83. The molecule has 0 bridgehead atoms. The van der Waals surface area contributed by atoms with E-state index in [2.05, 4.69) is 12.1 Å². The van der Waals surface area contributed by atoms with Crippen LogP contribution in [0.1, 0.15) is 63.4 Å². The van der Waals surface area contributed by atoms with Crippen LogP contribution in [0.25, 0.3) is 0 Å². The highest BCUT2D eigenvalue weighted by Crippen LogP contribution is 2.45. The third kappa shape index (κ3) is 3.46. The van der Waals surface area contributed by atoms with Gasteiger partial charge < -0.3 is 15.2 Å². The van der Waals surface area contributed by atoms with Crippen molar-refractivity contribution in [1.82, 2.24) is 0 Å². The number of rotatable bonds is 5. The highest BCUT2D eigenvalue weighted by Gasteiger charge is 2.34. The second-order valence-corrected chi connectivity index (χ2v) is 7.47. The van der Waals surface area contributed by atoms with Crippen LogP contribution in [0.15, 0.2) is 12.1 Å². The third-order valence-corrected chi connectivity index (χ3v) is 5.91. The van der Waals surface area contributed by atoms with Gasteiger partial charge in [-0.3, -0.25) is 0 Å². The Labute approximate surface area is 144 Å². The topological polar surface area (TPSA) is 44.5 Å². The fourth-order valence-electron chi connectivity index (χ4n) is 4.15. The van der Waals surface area contributed by atoms with Crippen LogP contribution >= 0.6 is 11.6 Å². The molecule has 4 heteroatoms. The minimum atomic E-state index is 0.0427. The van der Waals surface area contributed by atoms with Crippen LogP contribution in [0.5, 0.6) is 11.5 Å². The number of nitrogens with two attached hydrogens (primary N) is 1. The van der Waals surface area contributed by atoms with Gasteiger partial charge in [0.2, 0.25) is 0 Å². The molecule has 1 aromatic carbocycles. The maximum Gasteiger partial charge on any atom is 0.180 e. The summed E-state index contributed by atoms with van der Waals surface area (Å²) in [5.41, 5.74) is 7.42. The van der Waals surface area contributed by atoms with Crippen LogP contribution in [-0.4, -0.2) is 19.8 Å². The van der Waals surface area contributed by atoms with Crippen molar-refractivity contribution in [1.29, 1.82) is 0 Å². The average molecular weight is 338 g/mol. The van der Waals surface area contributed by atoms with Crippen LogP contribution in [0.2, 0.25) is 5.02 Å². The molecule has 0 heterocycles. The van der Waals surface area contributed by atoms with Gasteiger partial charge in [0.15, 0.2) is 11.5 Å². The summed E-state index contributed by atoms with van der Waals surface area (Å²) in [7, 11) is 1.69. The molecular formula is C19H28ClNO2. The minimum Gasteiger partial charge on any atom is -0.493 e. The smallest absolute Gasteiger partial charge is 0.180 e. The molecule has 0 unspecified atom stereocenters. The van der Waals surface area contributed by atoms with E-state index in [1.807, 2.05) is 0 Å². The first kappa shape index (κ1) is 16.9. The maximum absolute atomic E-state index is 6.58. The van der Waals surface area contributed by atoms with Gasteiger partial charge in [0, 0.05) is 12.0 Å². The zero-order chi connectivity index (χ0) is 16.3. The molecule has 128 valence electrons. The van der Waals surface area contributed by atoms with Crippen LogP contribution in [0, 0.1) is 0 Å². The summed E-state index contributed by atoms with van der Waals surface area (Å²) in [4.78, 5) is 0. The number of benzene rings is 1. The van der Waals surface area contributed by atoms with E-state index < -0.39 is 0 Å². The molecule has 2 aliphatic rings. The van der Waals surface area contributed by atoms with Gasteiger partial charge in [-0.15, -0.1) is 0 Å². The Morgan fingerprint density at radius 3 is 2.43 bits per heavy atom. The summed E-state index contributed by atoms with van der Waals surface area (Å²) in [6, 6.07) is 4.17. The van der Waals surface area contributed by atoms with E-state index in [-0.39, 0.29) is 11.5 Å². The monoisotopic (exact) mass is 337 g/mol. The van der Waals surface area contributed by atoms with Gasteiger partial charge >= 0.3 is 0 Å². The Hall–Kier alpha value is -0.930. The summed E-state index contributed by atoms with van der Waals surface area (Å²) in [6.07, 6.45) is 11.0. The standard InChI is InChI=1S/C19H28ClNO2/c1-22-17-12-14(19(13-21)9-5-2-6-10-19)11-16(20)18(17)23-15-7-3-4-8-15/h11-12,15H,2-10,13,21H2,1H3. The Balaban J connectivity index is 1.92. The molecule has 3 rings (SSSR count). The molecule has 0 saturated heterocycles. The highest BCUT2D eigenvalue weighted by atomic mass is 35.5. The predicted molar refractivity (Wildman–Crippen MR) is 94.7 cm³/mol. The Morgan fingerprint density at radius 2 is 1.83 bits per heavy atom. The Kier molecular flexibility index (Phi) is 5.38. The highest BCUT2D eigenvalue weighted by molar-refractivity contribution is 6.32. The fourth-order valence-corrected chi connectivity index (χ4v) is 4.41. The molecule has 2 aliphatic carbocycles. The van der Waals surface area contributed by atoms with Crippen LogP contribution in [-0.2, 0) is 5.41 Å². The number of ether oxygens (including phenoxy) is 2. The zero-order valence-electron chi connectivity index (χ0n) is 14.1.